The molecule has 0 heterocycles. The van der Waals surface area contributed by atoms with Crippen molar-refractivity contribution in [3.63, 3.8) is 0 Å². The molecule has 0 unspecified atom stereocenters. The summed E-state index contributed by atoms with van der Waals surface area (Å²) in [6.07, 6.45) is 16.7. The maximum Gasteiger partial charge on any atom is 0.0940 e. The molecular weight excluding hydrogens is 210 g/mol. The lowest BCUT2D eigenvalue weighted by atomic mass is 10.1. The summed E-state index contributed by atoms with van der Waals surface area (Å²) < 4.78 is 5.10. The summed E-state index contributed by atoms with van der Waals surface area (Å²) >= 11 is 0. The van der Waals surface area contributed by atoms with Crippen molar-refractivity contribution in [2.24, 2.45) is 5.73 Å². The van der Waals surface area contributed by atoms with Crippen LogP contribution in [0.4, 0.5) is 0 Å². The summed E-state index contributed by atoms with van der Waals surface area (Å²) in [4.78, 5) is 0. The fourth-order valence-corrected chi connectivity index (χ4v) is 2.13. The molecule has 0 amide bonds. The molecule has 0 spiro atoms. The third kappa shape index (κ3) is 15.9. The van der Waals surface area contributed by atoms with E-state index in [0.29, 0.717) is 6.73 Å². The van der Waals surface area contributed by atoms with Gasteiger partial charge in [0.1, 0.15) is 0 Å². The first-order valence-electron chi connectivity index (χ1n) is 7.69. The van der Waals surface area contributed by atoms with E-state index in [4.69, 9.17) is 10.5 Å². The van der Waals surface area contributed by atoms with Crippen LogP contribution in [0.1, 0.15) is 84.0 Å². The largest absolute Gasteiger partial charge is 0.367 e. The molecule has 0 aliphatic rings. The Balaban J connectivity index is 2.85. The minimum Gasteiger partial charge on any atom is -0.367 e. The predicted molar refractivity (Wildman–Crippen MR) is 76.1 cm³/mol. The van der Waals surface area contributed by atoms with Crippen LogP contribution >= 0.6 is 0 Å². The summed E-state index contributed by atoms with van der Waals surface area (Å²) in [6, 6.07) is 0. The zero-order valence-electron chi connectivity index (χ0n) is 11.9. The average Bonchev–Trinajstić information content (AvgIpc) is 2.35. The number of nitrogens with two attached hydrogens (primary N) is 1. The highest BCUT2D eigenvalue weighted by Gasteiger charge is 1.93. The van der Waals surface area contributed by atoms with Gasteiger partial charge in [-0.25, -0.2) is 0 Å². The van der Waals surface area contributed by atoms with Crippen molar-refractivity contribution in [3.05, 3.63) is 0 Å². The van der Waals surface area contributed by atoms with Crippen molar-refractivity contribution in [1.82, 2.24) is 0 Å². The van der Waals surface area contributed by atoms with Gasteiger partial charge in [0.15, 0.2) is 0 Å². The zero-order chi connectivity index (χ0) is 12.6. The van der Waals surface area contributed by atoms with Gasteiger partial charge < -0.3 is 10.5 Å². The summed E-state index contributed by atoms with van der Waals surface area (Å²) in [5, 5.41) is 0. The molecule has 2 nitrogen and oxygen atoms in total. The predicted octanol–water partition coefficient (Wildman–Crippen LogP) is 4.62. The molecule has 0 fully saturated rings. The molecule has 0 rings (SSSR count). The van der Waals surface area contributed by atoms with Crippen LogP contribution in [0, 0.1) is 0 Å². The third-order valence-corrected chi connectivity index (χ3v) is 3.26. The average molecular weight is 243 g/mol. The van der Waals surface area contributed by atoms with E-state index >= 15 is 0 Å². The summed E-state index contributed by atoms with van der Waals surface area (Å²) in [7, 11) is 0. The summed E-state index contributed by atoms with van der Waals surface area (Å²) in [6.45, 7) is 3.49. The molecule has 0 saturated heterocycles. The zero-order valence-corrected chi connectivity index (χ0v) is 11.9. The SMILES string of the molecule is CCCCCCCCCCCCCCOCN. The van der Waals surface area contributed by atoms with Crippen LogP contribution in [0.15, 0.2) is 0 Å². The lowest BCUT2D eigenvalue weighted by Crippen LogP contribution is -2.05. The van der Waals surface area contributed by atoms with Gasteiger partial charge in [-0.3, -0.25) is 0 Å². The number of hydrogen-bond donors (Lipinski definition) is 1. The highest BCUT2D eigenvalue weighted by atomic mass is 16.5. The van der Waals surface area contributed by atoms with Gasteiger partial charge in [0.2, 0.25) is 0 Å². The Morgan fingerprint density at radius 2 is 1.06 bits per heavy atom. The molecule has 0 bridgehead atoms. The lowest BCUT2D eigenvalue weighted by molar-refractivity contribution is 0.136. The molecule has 17 heavy (non-hydrogen) atoms. The maximum atomic E-state index is 5.25. The minimum absolute atomic E-state index is 0.373. The van der Waals surface area contributed by atoms with Crippen LogP contribution in [0.5, 0.6) is 0 Å². The fourth-order valence-electron chi connectivity index (χ4n) is 2.13. The molecule has 2 N–H and O–H groups in total. The Labute approximate surface area is 108 Å². The Kier molecular flexibility index (Phi) is 15.8. The Morgan fingerprint density at radius 1 is 0.647 bits per heavy atom. The Bertz CT molecular complexity index is 114. The van der Waals surface area contributed by atoms with Gasteiger partial charge in [0.05, 0.1) is 6.73 Å². The van der Waals surface area contributed by atoms with Crippen molar-refractivity contribution >= 4 is 0 Å². The van der Waals surface area contributed by atoms with Gasteiger partial charge in [0.25, 0.3) is 0 Å². The van der Waals surface area contributed by atoms with E-state index in [-0.39, 0.29) is 0 Å². The third-order valence-electron chi connectivity index (χ3n) is 3.26. The molecule has 0 aliphatic heterocycles. The fraction of sp³-hybridized carbons (Fsp3) is 1.00. The maximum absolute atomic E-state index is 5.25. The van der Waals surface area contributed by atoms with E-state index in [1.54, 1.807) is 0 Å². The van der Waals surface area contributed by atoms with Crippen molar-refractivity contribution in [3.8, 4) is 0 Å². The second-order valence-electron chi connectivity index (χ2n) is 4.96. The highest BCUT2D eigenvalue weighted by molar-refractivity contribution is 4.48. The van der Waals surface area contributed by atoms with Gasteiger partial charge in [-0.1, -0.05) is 77.6 Å². The van der Waals surface area contributed by atoms with Gasteiger partial charge >= 0.3 is 0 Å². The van der Waals surface area contributed by atoms with E-state index in [1.165, 1.54) is 77.0 Å². The molecule has 2 heteroatoms. The molecule has 0 aliphatic carbocycles. The molecule has 0 aromatic heterocycles. The standard InChI is InChI=1S/C15H33NO/c1-2-3-4-5-6-7-8-9-10-11-12-13-14-17-15-16/h2-16H2,1H3. The van der Waals surface area contributed by atoms with Crippen LogP contribution in [0.2, 0.25) is 0 Å². The van der Waals surface area contributed by atoms with Crippen LogP contribution in [0.3, 0.4) is 0 Å². The van der Waals surface area contributed by atoms with E-state index in [9.17, 15) is 0 Å². The summed E-state index contributed by atoms with van der Waals surface area (Å²) in [5.74, 6) is 0. The Hall–Kier alpha value is -0.0800. The molecule has 0 radical (unpaired) electrons. The minimum atomic E-state index is 0.373. The number of rotatable bonds is 14. The molecule has 104 valence electrons. The first-order valence-corrected chi connectivity index (χ1v) is 7.69. The molecule has 0 aromatic carbocycles. The van der Waals surface area contributed by atoms with Gasteiger partial charge in [-0.05, 0) is 6.42 Å². The van der Waals surface area contributed by atoms with E-state index < -0.39 is 0 Å². The second kappa shape index (κ2) is 15.9. The lowest BCUT2D eigenvalue weighted by Gasteiger charge is -2.03. The number of unbranched alkanes of at least 4 members (excludes halogenated alkanes) is 11. The molecule has 0 aromatic rings. The first kappa shape index (κ1) is 16.9. The van der Waals surface area contributed by atoms with Crippen molar-refractivity contribution < 1.29 is 4.74 Å². The highest BCUT2D eigenvalue weighted by Crippen LogP contribution is 2.11. The molecule has 0 saturated carbocycles. The van der Waals surface area contributed by atoms with Gasteiger partial charge in [0, 0.05) is 6.61 Å². The van der Waals surface area contributed by atoms with E-state index in [2.05, 4.69) is 6.92 Å². The van der Waals surface area contributed by atoms with Crippen molar-refractivity contribution in [2.75, 3.05) is 13.3 Å². The normalized spacial score (nSPS) is 10.9. The van der Waals surface area contributed by atoms with Crippen LogP contribution in [0.25, 0.3) is 0 Å². The number of ether oxygens (including phenoxy) is 1. The van der Waals surface area contributed by atoms with Gasteiger partial charge in [-0.2, -0.15) is 0 Å². The van der Waals surface area contributed by atoms with Crippen LogP contribution in [-0.4, -0.2) is 13.3 Å². The molecule has 0 atom stereocenters. The van der Waals surface area contributed by atoms with Crippen LogP contribution in [-0.2, 0) is 4.74 Å². The summed E-state index contributed by atoms with van der Waals surface area (Å²) in [5.41, 5.74) is 5.25. The quantitative estimate of drug-likeness (QED) is 0.357. The first-order chi connectivity index (χ1) is 8.41. The van der Waals surface area contributed by atoms with Crippen molar-refractivity contribution in [1.29, 1.82) is 0 Å². The second-order valence-corrected chi connectivity index (χ2v) is 4.96. The monoisotopic (exact) mass is 243 g/mol. The van der Waals surface area contributed by atoms with Crippen LogP contribution < -0.4 is 5.73 Å². The smallest absolute Gasteiger partial charge is 0.0940 e. The topological polar surface area (TPSA) is 35.2 Å². The number of hydrogen-bond acceptors (Lipinski definition) is 2. The van der Waals surface area contributed by atoms with E-state index in [1.807, 2.05) is 0 Å². The molecular formula is C15H33NO. The van der Waals surface area contributed by atoms with Crippen molar-refractivity contribution in [2.45, 2.75) is 84.0 Å². The van der Waals surface area contributed by atoms with E-state index in [0.717, 1.165) is 6.61 Å². The Morgan fingerprint density at radius 3 is 1.47 bits per heavy atom. The van der Waals surface area contributed by atoms with Gasteiger partial charge in [-0.15, -0.1) is 0 Å².